The molecule has 1 atom stereocenters. The Kier molecular flexibility index (Phi) is 3.71. The van der Waals surface area contributed by atoms with E-state index >= 15 is 0 Å². The van der Waals surface area contributed by atoms with Crippen molar-refractivity contribution in [1.29, 1.82) is 0 Å². The summed E-state index contributed by atoms with van der Waals surface area (Å²) in [5.41, 5.74) is 3.94. The van der Waals surface area contributed by atoms with E-state index in [0.717, 1.165) is 34.3 Å². The Balaban J connectivity index is 1.94. The average Bonchev–Trinajstić information content (AvgIpc) is 2.85. The van der Waals surface area contributed by atoms with E-state index in [9.17, 15) is 5.11 Å². The first kappa shape index (κ1) is 13.8. The fraction of sp³-hybridized carbons (Fsp3) is 0.294. The molecular weight excluding hydrogens is 262 g/mol. The van der Waals surface area contributed by atoms with Crippen molar-refractivity contribution >= 4 is 10.9 Å². The summed E-state index contributed by atoms with van der Waals surface area (Å²) in [7, 11) is 0. The van der Waals surface area contributed by atoms with Crippen molar-refractivity contribution in [3.05, 3.63) is 59.5 Å². The van der Waals surface area contributed by atoms with Crippen LogP contribution in [0.15, 0.2) is 42.7 Å². The van der Waals surface area contributed by atoms with Crippen LogP contribution < -0.4 is 0 Å². The standard InChI is InChI=1S/C17H19N3O/c1-3-20-16-7-5-4-6-14(16)15(19-20)9-17(21)13-8-12(2)10-18-11-13/h4-8,10-11,17,21H,3,9H2,1-2H3. The fourth-order valence-corrected chi connectivity index (χ4v) is 2.65. The second kappa shape index (κ2) is 5.66. The van der Waals surface area contributed by atoms with Crippen molar-refractivity contribution in [2.75, 3.05) is 0 Å². The van der Waals surface area contributed by atoms with Crippen LogP contribution in [-0.4, -0.2) is 19.9 Å². The average molecular weight is 281 g/mol. The molecule has 0 aliphatic rings. The van der Waals surface area contributed by atoms with Gasteiger partial charge in [-0.15, -0.1) is 0 Å². The van der Waals surface area contributed by atoms with Gasteiger partial charge in [0.15, 0.2) is 0 Å². The monoisotopic (exact) mass is 281 g/mol. The van der Waals surface area contributed by atoms with E-state index < -0.39 is 6.10 Å². The molecule has 0 bridgehead atoms. The van der Waals surface area contributed by atoms with Gasteiger partial charge in [-0.05, 0) is 31.0 Å². The summed E-state index contributed by atoms with van der Waals surface area (Å²) in [6.07, 6.45) is 3.42. The first-order chi connectivity index (χ1) is 10.2. The Hall–Kier alpha value is -2.20. The maximum Gasteiger partial charge on any atom is 0.0861 e. The van der Waals surface area contributed by atoms with Crippen LogP contribution in [0.2, 0.25) is 0 Å². The summed E-state index contributed by atoms with van der Waals surface area (Å²) >= 11 is 0. The van der Waals surface area contributed by atoms with Crippen LogP contribution in [0.25, 0.3) is 10.9 Å². The number of aliphatic hydroxyl groups excluding tert-OH is 1. The molecule has 1 aromatic carbocycles. The van der Waals surface area contributed by atoms with E-state index in [1.54, 1.807) is 12.4 Å². The van der Waals surface area contributed by atoms with Gasteiger partial charge in [-0.1, -0.05) is 24.3 Å². The van der Waals surface area contributed by atoms with E-state index in [4.69, 9.17) is 0 Å². The van der Waals surface area contributed by atoms with Gasteiger partial charge >= 0.3 is 0 Å². The number of aliphatic hydroxyl groups is 1. The minimum absolute atomic E-state index is 0.499. The first-order valence-corrected chi connectivity index (χ1v) is 7.23. The number of hydrogen-bond acceptors (Lipinski definition) is 3. The third-order valence-corrected chi connectivity index (χ3v) is 3.70. The van der Waals surface area contributed by atoms with Crippen LogP contribution in [0, 0.1) is 6.92 Å². The molecule has 1 unspecified atom stereocenters. The van der Waals surface area contributed by atoms with Crippen molar-refractivity contribution in [1.82, 2.24) is 14.8 Å². The molecule has 3 aromatic rings. The Morgan fingerprint density at radius 3 is 2.81 bits per heavy atom. The molecule has 0 aliphatic carbocycles. The maximum absolute atomic E-state index is 10.5. The predicted octanol–water partition coefficient (Wildman–Crippen LogP) is 3.04. The third kappa shape index (κ3) is 2.67. The second-order valence-electron chi connectivity index (χ2n) is 5.30. The number of aryl methyl sites for hydroxylation is 2. The molecule has 0 spiro atoms. The molecule has 0 radical (unpaired) electrons. The summed E-state index contributed by atoms with van der Waals surface area (Å²) in [5, 5.41) is 16.2. The molecular formula is C17H19N3O. The zero-order valence-corrected chi connectivity index (χ0v) is 12.3. The van der Waals surface area contributed by atoms with E-state index in [1.165, 1.54) is 0 Å². The van der Waals surface area contributed by atoms with Gasteiger partial charge in [0.1, 0.15) is 0 Å². The lowest BCUT2D eigenvalue weighted by molar-refractivity contribution is 0.177. The summed E-state index contributed by atoms with van der Waals surface area (Å²) in [6, 6.07) is 10.1. The number of aromatic nitrogens is 3. The number of hydrogen-bond donors (Lipinski definition) is 1. The molecule has 1 N–H and O–H groups in total. The number of nitrogens with zero attached hydrogens (tertiary/aromatic N) is 3. The maximum atomic E-state index is 10.5. The highest BCUT2D eigenvalue weighted by atomic mass is 16.3. The van der Waals surface area contributed by atoms with Crippen molar-refractivity contribution < 1.29 is 5.11 Å². The lowest BCUT2D eigenvalue weighted by Gasteiger charge is -2.09. The smallest absolute Gasteiger partial charge is 0.0861 e. The van der Waals surface area contributed by atoms with Gasteiger partial charge in [0, 0.05) is 30.7 Å². The molecule has 108 valence electrons. The number of benzene rings is 1. The third-order valence-electron chi connectivity index (χ3n) is 3.70. The van der Waals surface area contributed by atoms with Crippen molar-refractivity contribution in [3.8, 4) is 0 Å². The molecule has 4 heteroatoms. The van der Waals surface area contributed by atoms with Crippen molar-refractivity contribution in [2.45, 2.75) is 32.9 Å². The van der Waals surface area contributed by atoms with Crippen LogP contribution in [-0.2, 0) is 13.0 Å². The molecule has 0 saturated carbocycles. The van der Waals surface area contributed by atoms with Crippen molar-refractivity contribution in [2.24, 2.45) is 0 Å². The van der Waals surface area contributed by atoms with Gasteiger partial charge < -0.3 is 5.11 Å². The molecule has 0 amide bonds. The Labute approximate surface area is 124 Å². The van der Waals surface area contributed by atoms with Crippen LogP contribution >= 0.6 is 0 Å². The van der Waals surface area contributed by atoms with Crippen molar-refractivity contribution in [3.63, 3.8) is 0 Å². The van der Waals surface area contributed by atoms with Gasteiger partial charge in [0.2, 0.25) is 0 Å². The first-order valence-electron chi connectivity index (χ1n) is 7.23. The summed E-state index contributed by atoms with van der Waals surface area (Å²) < 4.78 is 1.98. The Bertz CT molecular complexity index is 764. The topological polar surface area (TPSA) is 50.9 Å². The van der Waals surface area contributed by atoms with Gasteiger partial charge in [0.25, 0.3) is 0 Å². The lowest BCUT2D eigenvalue weighted by Crippen LogP contribution is -2.04. The van der Waals surface area contributed by atoms with Crippen LogP contribution in [0.5, 0.6) is 0 Å². The van der Waals surface area contributed by atoms with E-state index in [1.807, 2.05) is 29.8 Å². The number of pyridine rings is 1. The highest BCUT2D eigenvalue weighted by Crippen LogP contribution is 2.24. The molecule has 0 saturated heterocycles. The normalized spacial score (nSPS) is 12.7. The molecule has 21 heavy (non-hydrogen) atoms. The van der Waals surface area contributed by atoms with Crippen LogP contribution in [0.3, 0.4) is 0 Å². The van der Waals surface area contributed by atoms with Gasteiger partial charge in [-0.25, -0.2) is 0 Å². The highest BCUT2D eigenvalue weighted by Gasteiger charge is 2.15. The lowest BCUT2D eigenvalue weighted by atomic mass is 10.0. The molecule has 4 nitrogen and oxygen atoms in total. The van der Waals surface area contributed by atoms with Crippen LogP contribution in [0.4, 0.5) is 0 Å². The quantitative estimate of drug-likeness (QED) is 0.799. The molecule has 2 aromatic heterocycles. The summed E-state index contributed by atoms with van der Waals surface area (Å²) in [6.45, 7) is 4.87. The van der Waals surface area contributed by atoms with Gasteiger partial charge in [0.05, 0.1) is 17.3 Å². The largest absolute Gasteiger partial charge is 0.388 e. The number of para-hydroxylation sites is 1. The number of fused-ring (bicyclic) bond motifs is 1. The highest BCUT2D eigenvalue weighted by molar-refractivity contribution is 5.82. The van der Waals surface area contributed by atoms with Gasteiger partial charge in [-0.3, -0.25) is 9.67 Å². The molecule has 3 rings (SSSR count). The van der Waals surface area contributed by atoms with Crippen LogP contribution in [0.1, 0.15) is 29.8 Å². The predicted molar refractivity (Wildman–Crippen MR) is 83.0 cm³/mol. The fourth-order valence-electron chi connectivity index (χ4n) is 2.65. The minimum atomic E-state index is -0.582. The molecule has 2 heterocycles. The zero-order chi connectivity index (χ0) is 14.8. The Morgan fingerprint density at radius 2 is 2.05 bits per heavy atom. The van der Waals surface area contributed by atoms with Gasteiger partial charge in [-0.2, -0.15) is 5.10 Å². The zero-order valence-electron chi connectivity index (χ0n) is 12.3. The SMILES string of the molecule is CCn1nc(CC(O)c2cncc(C)c2)c2ccccc21. The van der Waals surface area contributed by atoms with E-state index in [0.29, 0.717) is 6.42 Å². The summed E-state index contributed by atoms with van der Waals surface area (Å²) in [5.74, 6) is 0. The number of rotatable bonds is 4. The Morgan fingerprint density at radius 1 is 1.24 bits per heavy atom. The van der Waals surface area contributed by atoms with E-state index in [2.05, 4.69) is 29.1 Å². The molecule has 0 aliphatic heterocycles. The summed E-state index contributed by atoms with van der Waals surface area (Å²) in [4.78, 5) is 4.15. The minimum Gasteiger partial charge on any atom is -0.388 e. The molecule has 0 fully saturated rings. The van der Waals surface area contributed by atoms with E-state index in [-0.39, 0.29) is 0 Å². The second-order valence-corrected chi connectivity index (χ2v) is 5.30.